The molecule has 1 fully saturated rings. The van der Waals surface area contributed by atoms with E-state index < -0.39 is 6.09 Å². The summed E-state index contributed by atoms with van der Waals surface area (Å²) < 4.78 is 5.04. The van der Waals surface area contributed by atoms with Gasteiger partial charge in [0.1, 0.15) is 13.2 Å². The van der Waals surface area contributed by atoms with Gasteiger partial charge in [-0.15, -0.1) is 0 Å². The van der Waals surface area contributed by atoms with Gasteiger partial charge >= 0.3 is 6.09 Å². The highest BCUT2D eigenvalue weighted by atomic mass is 16.5. The van der Waals surface area contributed by atoms with Gasteiger partial charge in [-0.05, 0) is 32.3 Å². The topological polar surface area (TPSA) is 70.7 Å². The first kappa shape index (κ1) is 18.2. The van der Waals surface area contributed by atoms with Gasteiger partial charge in [-0.3, -0.25) is 10.2 Å². The number of amides is 2. The Kier molecular flexibility index (Phi) is 8.98. The maximum atomic E-state index is 11.8. The molecule has 0 spiro atoms. The zero-order chi connectivity index (χ0) is 16.2. The zero-order valence-corrected chi connectivity index (χ0v) is 13.6. The quantitative estimate of drug-likeness (QED) is 0.738. The molecule has 0 bridgehead atoms. The number of hydrogen-bond donors (Lipinski definition) is 2. The lowest BCUT2D eigenvalue weighted by Gasteiger charge is -2.20. The van der Waals surface area contributed by atoms with Gasteiger partial charge in [0.2, 0.25) is 0 Å². The highest BCUT2D eigenvalue weighted by molar-refractivity contribution is 5.81. The highest BCUT2D eigenvalue weighted by Crippen LogP contribution is 2.07. The third kappa shape index (κ3) is 7.83. The van der Waals surface area contributed by atoms with Crippen molar-refractivity contribution < 1.29 is 14.3 Å². The third-order valence-corrected chi connectivity index (χ3v) is 3.40. The Labute approximate surface area is 132 Å². The van der Waals surface area contributed by atoms with Crippen molar-refractivity contribution in [3.63, 3.8) is 0 Å². The van der Waals surface area contributed by atoms with E-state index in [1.807, 2.05) is 37.1 Å². The van der Waals surface area contributed by atoms with Crippen LogP contribution in [0.15, 0.2) is 23.8 Å². The molecule has 0 radical (unpaired) electrons. The number of alkyl carbamates (subject to hydrolysis) is 1. The average Bonchev–Trinajstić information content (AvgIpc) is 2.78. The second-order valence-corrected chi connectivity index (χ2v) is 5.23. The Morgan fingerprint density at radius 1 is 1.14 bits per heavy atom. The third-order valence-electron chi connectivity index (χ3n) is 3.40. The van der Waals surface area contributed by atoms with Crippen LogP contribution in [0.5, 0.6) is 0 Å². The van der Waals surface area contributed by atoms with E-state index in [0.29, 0.717) is 0 Å². The van der Waals surface area contributed by atoms with E-state index in [1.165, 1.54) is 12.8 Å². The lowest BCUT2D eigenvalue weighted by atomic mass is 10.2. The van der Waals surface area contributed by atoms with Crippen LogP contribution in [0, 0.1) is 0 Å². The number of rotatable bonds is 6. The molecule has 2 N–H and O–H groups in total. The van der Waals surface area contributed by atoms with Crippen molar-refractivity contribution in [2.45, 2.75) is 39.5 Å². The van der Waals surface area contributed by atoms with E-state index in [-0.39, 0.29) is 19.1 Å². The molecule has 0 aromatic carbocycles. The first-order valence-corrected chi connectivity index (χ1v) is 7.88. The average molecular weight is 309 g/mol. The van der Waals surface area contributed by atoms with Crippen LogP contribution >= 0.6 is 0 Å². The van der Waals surface area contributed by atoms with Crippen LogP contribution in [0.4, 0.5) is 4.79 Å². The van der Waals surface area contributed by atoms with Crippen LogP contribution in [0.1, 0.15) is 39.5 Å². The normalized spacial score (nSPS) is 17.1. The van der Waals surface area contributed by atoms with Crippen LogP contribution in [0.25, 0.3) is 0 Å². The fourth-order valence-electron chi connectivity index (χ4n) is 2.19. The Hall–Kier alpha value is -1.82. The first-order valence-electron chi connectivity index (χ1n) is 7.88. The van der Waals surface area contributed by atoms with Gasteiger partial charge in [0.25, 0.3) is 5.91 Å². The summed E-state index contributed by atoms with van der Waals surface area (Å²) in [4.78, 5) is 23.3. The standard InChI is InChI=1S/C16H27N3O3/c1-3-9-14(4-2)13-22-16(21)17-12-15(20)18-19-10-7-5-6-8-11-19/h3-4,9H,5-8,10-13H2,1-2H3,(H,17,21)(H,18,20)/b9-3-,14-4+. The van der Waals surface area contributed by atoms with Gasteiger partial charge in [0, 0.05) is 13.1 Å². The SMILES string of the molecule is C/C=C\C(=C/C)COC(=O)NCC(=O)NN1CCCCCC1. The molecule has 1 aliphatic rings. The number of carbonyl (C=O) groups is 2. The van der Waals surface area contributed by atoms with Gasteiger partial charge in [-0.25, -0.2) is 9.80 Å². The molecule has 124 valence electrons. The van der Waals surface area contributed by atoms with Crippen molar-refractivity contribution in [1.29, 1.82) is 0 Å². The number of allylic oxidation sites excluding steroid dienone is 2. The number of nitrogens with zero attached hydrogens (tertiary/aromatic N) is 1. The largest absolute Gasteiger partial charge is 0.445 e. The van der Waals surface area contributed by atoms with Crippen LogP contribution in [-0.2, 0) is 9.53 Å². The van der Waals surface area contributed by atoms with Crippen molar-refractivity contribution in [3.05, 3.63) is 23.8 Å². The summed E-state index contributed by atoms with van der Waals surface area (Å²) in [6.07, 6.45) is 9.63. The zero-order valence-electron chi connectivity index (χ0n) is 13.6. The van der Waals surface area contributed by atoms with Crippen LogP contribution in [-0.4, -0.2) is 43.3 Å². The van der Waals surface area contributed by atoms with Gasteiger partial charge in [0.15, 0.2) is 0 Å². The molecule has 6 heteroatoms. The molecular formula is C16H27N3O3. The summed E-state index contributed by atoms with van der Waals surface area (Å²) in [6, 6.07) is 0. The fraction of sp³-hybridized carbons (Fsp3) is 0.625. The molecule has 0 atom stereocenters. The molecule has 1 saturated heterocycles. The van der Waals surface area contributed by atoms with E-state index in [9.17, 15) is 9.59 Å². The molecule has 0 aliphatic carbocycles. The molecule has 0 aromatic heterocycles. The van der Waals surface area contributed by atoms with Crippen LogP contribution < -0.4 is 10.7 Å². The maximum absolute atomic E-state index is 11.8. The Morgan fingerprint density at radius 2 is 1.82 bits per heavy atom. The van der Waals surface area contributed by atoms with Crippen molar-refractivity contribution in [2.24, 2.45) is 0 Å². The van der Waals surface area contributed by atoms with Gasteiger partial charge in [0.05, 0.1) is 0 Å². The van der Waals surface area contributed by atoms with Crippen molar-refractivity contribution in [1.82, 2.24) is 15.8 Å². The van der Waals surface area contributed by atoms with Crippen molar-refractivity contribution in [2.75, 3.05) is 26.2 Å². The second-order valence-electron chi connectivity index (χ2n) is 5.23. The minimum Gasteiger partial charge on any atom is -0.445 e. The van der Waals surface area contributed by atoms with Crippen LogP contribution in [0.2, 0.25) is 0 Å². The monoisotopic (exact) mass is 309 g/mol. The summed E-state index contributed by atoms with van der Waals surface area (Å²) >= 11 is 0. The molecule has 1 rings (SSSR count). The summed E-state index contributed by atoms with van der Waals surface area (Å²) in [5, 5.41) is 4.38. The minimum absolute atomic E-state index is 0.0792. The van der Waals surface area contributed by atoms with E-state index >= 15 is 0 Å². The van der Waals surface area contributed by atoms with Crippen molar-refractivity contribution in [3.8, 4) is 0 Å². The van der Waals surface area contributed by atoms with Crippen molar-refractivity contribution >= 4 is 12.0 Å². The van der Waals surface area contributed by atoms with E-state index in [1.54, 1.807) is 0 Å². The highest BCUT2D eigenvalue weighted by Gasteiger charge is 2.12. The molecule has 1 aliphatic heterocycles. The van der Waals surface area contributed by atoms with E-state index in [2.05, 4.69) is 10.7 Å². The second kappa shape index (κ2) is 10.8. The Balaban J connectivity index is 2.21. The molecule has 0 saturated carbocycles. The molecule has 2 amide bonds. The van der Waals surface area contributed by atoms with E-state index in [4.69, 9.17) is 4.74 Å². The summed E-state index contributed by atoms with van der Waals surface area (Å²) in [7, 11) is 0. The molecule has 0 aromatic rings. The molecule has 6 nitrogen and oxygen atoms in total. The van der Waals surface area contributed by atoms with Gasteiger partial charge in [-0.1, -0.05) is 31.1 Å². The molecule has 1 heterocycles. The predicted molar refractivity (Wildman–Crippen MR) is 86.1 cm³/mol. The van der Waals surface area contributed by atoms with Gasteiger partial charge < -0.3 is 10.1 Å². The smallest absolute Gasteiger partial charge is 0.407 e. The molecular weight excluding hydrogens is 282 g/mol. The predicted octanol–water partition coefficient (Wildman–Crippen LogP) is 2.14. The number of hydrazine groups is 1. The van der Waals surface area contributed by atoms with Gasteiger partial charge in [-0.2, -0.15) is 0 Å². The van der Waals surface area contributed by atoms with Crippen LogP contribution in [0.3, 0.4) is 0 Å². The Morgan fingerprint density at radius 3 is 2.41 bits per heavy atom. The summed E-state index contributed by atoms with van der Waals surface area (Å²) in [5.74, 6) is -0.224. The number of ether oxygens (including phenoxy) is 1. The maximum Gasteiger partial charge on any atom is 0.407 e. The summed E-state index contributed by atoms with van der Waals surface area (Å²) in [5.41, 5.74) is 3.72. The Bertz CT molecular complexity index is 411. The minimum atomic E-state index is -0.588. The van der Waals surface area contributed by atoms with E-state index in [0.717, 1.165) is 31.5 Å². The first-order chi connectivity index (χ1) is 10.7. The lowest BCUT2D eigenvalue weighted by Crippen LogP contribution is -2.47. The fourth-order valence-corrected chi connectivity index (χ4v) is 2.19. The number of nitrogens with one attached hydrogen (secondary N) is 2. The lowest BCUT2D eigenvalue weighted by molar-refractivity contribution is -0.125. The molecule has 0 unspecified atom stereocenters. The number of carbonyl (C=O) groups excluding carboxylic acids is 2. The molecule has 22 heavy (non-hydrogen) atoms. The summed E-state index contributed by atoms with van der Waals surface area (Å²) in [6.45, 7) is 5.63. The number of hydrogen-bond acceptors (Lipinski definition) is 4.